The van der Waals surface area contributed by atoms with E-state index in [1.165, 1.54) is 0 Å². The fourth-order valence-electron chi connectivity index (χ4n) is 2.60. The van der Waals surface area contributed by atoms with E-state index in [-0.39, 0.29) is 5.82 Å². The first-order valence-electron chi connectivity index (χ1n) is 6.31. The Morgan fingerprint density at radius 2 is 2.24 bits per heavy atom. The second kappa shape index (κ2) is 5.49. The van der Waals surface area contributed by atoms with Crippen LogP contribution in [-0.4, -0.2) is 12.6 Å². The molecule has 2 rings (SSSR count). The van der Waals surface area contributed by atoms with Gasteiger partial charge in [0.2, 0.25) is 0 Å². The molecule has 0 aromatic heterocycles. The summed E-state index contributed by atoms with van der Waals surface area (Å²) in [5.74, 6) is 0.811. The van der Waals surface area contributed by atoms with Gasteiger partial charge in [-0.05, 0) is 55.0 Å². The molecule has 0 spiro atoms. The number of hydrogen-bond acceptors (Lipinski definition) is 1. The lowest BCUT2D eigenvalue weighted by atomic mass is 9.67. The molecule has 0 bridgehead atoms. The molecule has 0 radical (unpaired) electrons. The monoisotopic (exact) mass is 299 g/mol. The summed E-state index contributed by atoms with van der Waals surface area (Å²) in [6, 6.07) is 5.79. The van der Waals surface area contributed by atoms with Gasteiger partial charge < -0.3 is 5.32 Å². The maximum Gasteiger partial charge on any atom is 0.126 e. The van der Waals surface area contributed by atoms with Crippen molar-refractivity contribution in [1.29, 1.82) is 0 Å². The predicted molar refractivity (Wildman–Crippen MR) is 72.7 cm³/mol. The Morgan fingerprint density at radius 3 is 2.88 bits per heavy atom. The fraction of sp³-hybridized carbons (Fsp3) is 0.571. The normalized spacial score (nSPS) is 27.9. The minimum Gasteiger partial charge on any atom is -0.314 e. The average Bonchev–Trinajstić information content (AvgIpc) is 2.31. The molecule has 1 aromatic carbocycles. The summed E-state index contributed by atoms with van der Waals surface area (Å²) in [7, 11) is 0. The maximum atomic E-state index is 13.8. The van der Waals surface area contributed by atoms with Crippen molar-refractivity contribution in [3.05, 3.63) is 34.1 Å². The molecule has 1 aromatic rings. The van der Waals surface area contributed by atoms with Crippen molar-refractivity contribution in [2.75, 3.05) is 6.54 Å². The second-order valence-electron chi connectivity index (χ2n) is 4.93. The molecule has 0 saturated heterocycles. The third-order valence-corrected chi connectivity index (χ3v) is 4.28. The van der Waals surface area contributed by atoms with Gasteiger partial charge in [-0.25, -0.2) is 4.39 Å². The highest BCUT2D eigenvalue weighted by Crippen LogP contribution is 2.43. The van der Waals surface area contributed by atoms with E-state index in [2.05, 4.69) is 35.1 Å². The molecule has 0 aliphatic heterocycles. The number of halogens is 2. The minimum atomic E-state index is -0.0704. The molecule has 1 fully saturated rings. The molecule has 0 amide bonds. The van der Waals surface area contributed by atoms with Crippen LogP contribution >= 0.6 is 15.9 Å². The van der Waals surface area contributed by atoms with Gasteiger partial charge in [-0.1, -0.05) is 29.8 Å². The molecule has 94 valence electrons. The Labute approximate surface area is 111 Å². The number of rotatable bonds is 4. The van der Waals surface area contributed by atoms with Gasteiger partial charge >= 0.3 is 0 Å². The Kier molecular flexibility index (Phi) is 4.21. The van der Waals surface area contributed by atoms with Crippen molar-refractivity contribution < 1.29 is 4.39 Å². The molecule has 1 saturated carbocycles. The summed E-state index contributed by atoms with van der Waals surface area (Å²) < 4.78 is 14.7. The van der Waals surface area contributed by atoms with E-state index < -0.39 is 0 Å². The standard InChI is InChI=1S/C14H19BrFN/c1-3-6-17-14-8-11(9(14)2)12-7-10(15)4-5-13(12)16/h4-5,7,9,11,14,17H,3,6,8H2,1-2H3. The van der Waals surface area contributed by atoms with E-state index in [0.717, 1.165) is 29.4 Å². The van der Waals surface area contributed by atoms with Crippen LogP contribution in [0.1, 0.15) is 38.2 Å². The van der Waals surface area contributed by atoms with Crippen LogP contribution in [0, 0.1) is 11.7 Å². The van der Waals surface area contributed by atoms with Crippen molar-refractivity contribution in [2.45, 2.75) is 38.6 Å². The molecular formula is C14H19BrFN. The Morgan fingerprint density at radius 1 is 1.47 bits per heavy atom. The number of benzene rings is 1. The van der Waals surface area contributed by atoms with Crippen molar-refractivity contribution in [3.8, 4) is 0 Å². The average molecular weight is 300 g/mol. The second-order valence-corrected chi connectivity index (χ2v) is 5.84. The zero-order chi connectivity index (χ0) is 12.4. The van der Waals surface area contributed by atoms with Gasteiger partial charge in [0.1, 0.15) is 5.82 Å². The van der Waals surface area contributed by atoms with Crippen molar-refractivity contribution >= 4 is 15.9 Å². The zero-order valence-electron chi connectivity index (χ0n) is 10.3. The van der Waals surface area contributed by atoms with Gasteiger partial charge in [0.05, 0.1) is 0 Å². The quantitative estimate of drug-likeness (QED) is 0.883. The summed E-state index contributed by atoms with van der Waals surface area (Å²) in [5.41, 5.74) is 0.862. The van der Waals surface area contributed by atoms with Gasteiger partial charge in [0.25, 0.3) is 0 Å². The first-order chi connectivity index (χ1) is 8.13. The van der Waals surface area contributed by atoms with Crippen molar-refractivity contribution in [2.24, 2.45) is 5.92 Å². The predicted octanol–water partition coefficient (Wildman–Crippen LogP) is 4.08. The maximum absolute atomic E-state index is 13.8. The molecule has 3 unspecified atom stereocenters. The summed E-state index contributed by atoms with van der Waals surface area (Å²) in [6.45, 7) is 5.44. The Bertz CT molecular complexity index is 394. The first kappa shape index (κ1) is 13.0. The Hall–Kier alpha value is -0.410. The largest absolute Gasteiger partial charge is 0.314 e. The van der Waals surface area contributed by atoms with Gasteiger partial charge in [0, 0.05) is 10.5 Å². The minimum absolute atomic E-state index is 0.0704. The SMILES string of the molecule is CCCNC1CC(c2cc(Br)ccc2F)C1C. The number of nitrogens with one attached hydrogen (secondary N) is 1. The van der Waals surface area contributed by atoms with Crippen LogP contribution in [0.5, 0.6) is 0 Å². The summed E-state index contributed by atoms with van der Waals surface area (Å²) in [5, 5.41) is 3.52. The van der Waals surface area contributed by atoms with Crippen LogP contribution in [0.4, 0.5) is 4.39 Å². The van der Waals surface area contributed by atoms with E-state index in [0.29, 0.717) is 17.9 Å². The lowest BCUT2D eigenvalue weighted by molar-refractivity contribution is 0.181. The molecular weight excluding hydrogens is 281 g/mol. The van der Waals surface area contributed by atoms with E-state index in [1.54, 1.807) is 12.1 Å². The third-order valence-electron chi connectivity index (χ3n) is 3.79. The molecule has 17 heavy (non-hydrogen) atoms. The summed E-state index contributed by atoms with van der Waals surface area (Å²) >= 11 is 3.41. The fourth-order valence-corrected chi connectivity index (χ4v) is 2.97. The molecule has 1 N–H and O–H groups in total. The van der Waals surface area contributed by atoms with E-state index in [4.69, 9.17) is 0 Å². The molecule has 3 atom stereocenters. The molecule has 1 aliphatic carbocycles. The van der Waals surface area contributed by atoms with E-state index in [9.17, 15) is 4.39 Å². The Balaban J connectivity index is 2.03. The van der Waals surface area contributed by atoms with Gasteiger partial charge in [0.15, 0.2) is 0 Å². The summed E-state index contributed by atoms with van der Waals surface area (Å²) in [4.78, 5) is 0. The molecule has 3 heteroatoms. The highest BCUT2D eigenvalue weighted by atomic mass is 79.9. The van der Waals surface area contributed by atoms with Gasteiger partial charge in [-0.3, -0.25) is 0 Å². The van der Waals surface area contributed by atoms with Crippen molar-refractivity contribution in [1.82, 2.24) is 5.32 Å². The van der Waals surface area contributed by atoms with Crippen LogP contribution in [0.2, 0.25) is 0 Å². The molecule has 1 aliphatic rings. The van der Waals surface area contributed by atoms with E-state index in [1.807, 2.05) is 6.07 Å². The third kappa shape index (κ3) is 2.71. The summed E-state index contributed by atoms with van der Waals surface area (Å²) in [6.07, 6.45) is 2.20. The van der Waals surface area contributed by atoms with E-state index >= 15 is 0 Å². The molecule has 1 nitrogen and oxygen atoms in total. The highest BCUT2D eigenvalue weighted by Gasteiger charge is 2.39. The smallest absolute Gasteiger partial charge is 0.126 e. The molecule has 0 heterocycles. The van der Waals surface area contributed by atoms with Crippen molar-refractivity contribution in [3.63, 3.8) is 0 Å². The van der Waals surface area contributed by atoms with Crippen LogP contribution in [0.3, 0.4) is 0 Å². The zero-order valence-corrected chi connectivity index (χ0v) is 11.9. The van der Waals surface area contributed by atoms with Gasteiger partial charge in [-0.2, -0.15) is 0 Å². The van der Waals surface area contributed by atoms with Crippen LogP contribution in [-0.2, 0) is 0 Å². The van der Waals surface area contributed by atoms with Gasteiger partial charge in [-0.15, -0.1) is 0 Å². The number of hydrogen-bond donors (Lipinski definition) is 1. The van der Waals surface area contributed by atoms with Crippen LogP contribution in [0.15, 0.2) is 22.7 Å². The lowest BCUT2D eigenvalue weighted by Gasteiger charge is -2.44. The van der Waals surface area contributed by atoms with Crippen LogP contribution < -0.4 is 5.32 Å². The first-order valence-corrected chi connectivity index (χ1v) is 7.11. The highest BCUT2D eigenvalue weighted by molar-refractivity contribution is 9.10. The lowest BCUT2D eigenvalue weighted by Crippen LogP contribution is -2.48. The van der Waals surface area contributed by atoms with Crippen LogP contribution in [0.25, 0.3) is 0 Å². The topological polar surface area (TPSA) is 12.0 Å².